The Hall–Kier alpha value is -2.36. The van der Waals surface area contributed by atoms with Gasteiger partial charge in [-0.15, -0.1) is 11.3 Å². The topological polar surface area (TPSA) is 77.0 Å². The molecule has 3 heterocycles. The largest absolute Gasteiger partial charge is 0.497 e. The lowest BCUT2D eigenvalue weighted by atomic mass is 9.99. The standard InChI is InChI=1S/C26H28N4O2S3/c1-14(2)11-19-17-9-6-10-18(17)21-22-23(35-24(21)28-19)25(30-26(29-22)33-4)34-13-20(31)27-15-7-5-8-16(12-15)32-3/h5,7-8,12,14H,6,9-11,13H2,1-4H3,(H,27,31). The van der Waals surface area contributed by atoms with Crippen LogP contribution in [0.15, 0.2) is 34.4 Å². The molecule has 4 aromatic rings. The van der Waals surface area contributed by atoms with Crippen molar-refractivity contribution < 1.29 is 9.53 Å². The molecule has 0 spiro atoms. The van der Waals surface area contributed by atoms with Gasteiger partial charge in [0.15, 0.2) is 5.16 Å². The Morgan fingerprint density at radius 1 is 1.20 bits per heavy atom. The Morgan fingerprint density at radius 3 is 2.80 bits per heavy atom. The van der Waals surface area contributed by atoms with Gasteiger partial charge in [0.2, 0.25) is 5.91 Å². The number of benzene rings is 1. The fourth-order valence-electron chi connectivity index (χ4n) is 4.58. The fourth-order valence-corrected chi connectivity index (χ4v) is 7.07. The number of methoxy groups -OCH3 is 1. The second-order valence-corrected chi connectivity index (χ2v) is 11.7. The van der Waals surface area contributed by atoms with Crippen molar-refractivity contribution in [3.05, 3.63) is 41.1 Å². The second-order valence-electron chi connectivity index (χ2n) is 9.01. The number of pyridine rings is 1. The molecule has 0 radical (unpaired) electrons. The van der Waals surface area contributed by atoms with Gasteiger partial charge in [0, 0.05) is 22.8 Å². The average Bonchev–Trinajstić information content (AvgIpc) is 3.47. The highest BCUT2D eigenvalue weighted by Gasteiger charge is 2.25. The molecule has 3 aromatic heterocycles. The van der Waals surface area contributed by atoms with Crippen LogP contribution in [0.4, 0.5) is 5.69 Å². The number of thiophene rings is 1. The number of nitrogens with zero attached hydrogens (tertiary/aromatic N) is 3. The number of carbonyl (C=O) groups is 1. The molecular weight excluding hydrogens is 497 g/mol. The number of hydrogen-bond donors (Lipinski definition) is 1. The zero-order chi connectivity index (χ0) is 24.5. The molecule has 0 unspecified atom stereocenters. The zero-order valence-corrected chi connectivity index (χ0v) is 22.8. The van der Waals surface area contributed by atoms with Gasteiger partial charge in [-0.3, -0.25) is 4.79 Å². The van der Waals surface area contributed by atoms with Crippen LogP contribution < -0.4 is 10.1 Å². The van der Waals surface area contributed by atoms with Gasteiger partial charge in [0.1, 0.15) is 15.6 Å². The van der Waals surface area contributed by atoms with Gasteiger partial charge in [-0.05, 0) is 61.1 Å². The first-order valence-electron chi connectivity index (χ1n) is 11.7. The molecule has 0 saturated carbocycles. The molecule has 35 heavy (non-hydrogen) atoms. The number of hydrogen-bond acceptors (Lipinski definition) is 8. The molecule has 1 amide bonds. The number of rotatable bonds is 8. The minimum atomic E-state index is -0.0833. The van der Waals surface area contributed by atoms with E-state index >= 15 is 0 Å². The molecule has 0 aliphatic heterocycles. The zero-order valence-electron chi connectivity index (χ0n) is 20.3. The predicted octanol–water partition coefficient (Wildman–Crippen LogP) is 6.39. The predicted molar refractivity (Wildman–Crippen MR) is 147 cm³/mol. The van der Waals surface area contributed by atoms with Crippen LogP contribution in [0.5, 0.6) is 5.75 Å². The number of fused-ring (bicyclic) bond motifs is 5. The van der Waals surface area contributed by atoms with Crippen molar-refractivity contribution in [3.8, 4) is 5.75 Å². The molecular formula is C26H28N4O2S3. The molecule has 9 heteroatoms. The highest BCUT2D eigenvalue weighted by Crippen LogP contribution is 2.43. The first kappa shape index (κ1) is 24.3. The summed E-state index contributed by atoms with van der Waals surface area (Å²) in [5.41, 5.74) is 5.81. The van der Waals surface area contributed by atoms with E-state index in [1.54, 1.807) is 18.4 Å². The van der Waals surface area contributed by atoms with Gasteiger partial charge in [0.05, 0.1) is 23.1 Å². The summed E-state index contributed by atoms with van der Waals surface area (Å²) < 4.78 is 6.28. The number of thioether (sulfide) groups is 2. The van der Waals surface area contributed by atoms with Crippen LogP contribution in [0.25, 0.3) is 20.4 Å². The summed E-state index contributed by atoms with van der Waals surface area (Å²) in [5, 5.41) is 5.73. The maximum Gasteiger partial charge on any atom is 0.234 e. The van der Waals surface area contributed by atoms with Crippen LogP contribution in [-0.4, -0.2) is 40.0 Å². The van der Waals surface area contributed by atoms with Crippen molar-refractivity contribution in [1.82, 2.24) is 15.0 Å². The number of aromatic nitrogens is 3. The second kappa shape index (κ2) is 10.3. The molecule has 1 aliphatic rings. The average molecular weight is 525 g/mol. The van der Waals surface area contributed by atoms with Crippen LogP contribution in [0, 0.1) is 5.92 Å². The Labute approximate surface area is 217 Å². The van der Waals surface area contributed by atoms with Gasteiger partial charge in [-0.25, -0.2) is 15.0 Å². The van der Waals surface area contributed by atoms with Crippen LogP contribution in [0.2, 0.25) is 0 Å². The molecule has 1 aliphatic carbocycles. The first-order valence-corrected chi connectivity index (χ1v) is 14.7. The number of amides is 1. The van der Waals surface area contributed by atoms with Crippen molar-refractivity contribution in [3.63, 3.8) is 0 Å². The smallest absolute Gasteiger partial charge is 0.234 e. The molecule has 0 atom stereocenters. The van der Waals surface area contributed by atoms with Gasteiger partial charge in [0.25, 0.3) is 0 Å². The first-order chi connectivity index (χ1) is 17.0. The lowest BCUT2D eigenvalue weighted by molar-refractivity contribution is -0.113. The summed E-state index contributed by atoms with van der Waals surface area (Å²) >= 11 is 4.65. The van der Waals surface area contributed by atoms with E-state index in [4.69, 9.17) is 19.7 Å². The summed E-state index contributed by atoms with van der Waals surface area (Å²) in [5.74, 6) is 1.45. The lowest BCUT2D eigenvalue weighted by Gasteiger charge is -2.11. The Kier molecular flexibility index (Phi) is 7.18. The number of aryl methyl sites for hydroxylation is 1. The maximum atomic E-state index is 12.7. The molecule has 6 nitrogen and oxygen atoms in total. The van der Waals surface area contributed by atoms with E-state index in [0.717, 1.165) is 44.5 Å². The van der Waals surface area contributed by atoms with Crippen LogP contribution in [0.1, 0.15) is 37.1 Å². The van der Waals surface area contributed by atoms with Crippen molar-refractivity contribution >= 4 is 66.9 Å². The maximum absolute atomic E-state index is 12.7. The van der Waals surface area contributed by atoms with Gasteiger partial charge in [-0.1, -0.05) is 43.4 Å². The molecule has 1 N–H and O–H groups in total. The summed E-state index contributed by atoms with van der Waals surface area (Å²) in [6, 6.07) is 7.37. The minimum absolute atomic E-state index is 0.0833. The van der Waals surface area contributed by atoms with Gasteiger partial charge in [-0.2, -0.15) is 0 Å². The number of carbonyl (C=O) groups excluding carboxylic acids is 1. The summed E-state index contributed by atoms with van der Waals surface area (Å²) in [7, 11) is 1.61. The highest BCUT2D eigenvalue weighted by atomic mass is 32.2. The van der Waals surface area contributed by atoms with E-state index in [1.165, 1.54) is 52.2 Å². The highest BCUT2D eigenvalue weighted by molar-refractivity contribution is 8.00. The summed E-state index contributed by atoms with van der Waals surface area (Å²) in [6.07, 6.45) is 6.34. The van der Waals surface area contributed by atoms with Crippen LogP contribution in [-0.2, 0) is 24.1 Å². The van der Waals surface area contributed by atoms with E-state index in [2.05, 4.69) is 19.2 Å². The van der Waals surface area contributed by atoms with Crippen molar-refractivity contribution in [2.45, 2.75) is 49.7 Å². The summed E-state index contributed by atoms with van der Waals surface area (Å²) in [6.45, 7) is 4.50. The molecule has 0 saturated heterocycles. The Balaban J connectivity index is 1.49. The number of ether oxygens (including phenoxy) is 1. The number of anilines is 1. The van der Waals surface area contributed by atoms with E-state index in [1.807, 2.05) is 30.5 Å². The van der Waals surface area contributed by atoms with E-state index < -0.39 is 0 Å². The van der Waals surface area contributed by atoms with Gasteiger partial charge >= 0.3 is 0 Å². The SMILES string of the molecule is COc1cccc(NC(=O)CSc2nc(SC)nc3c2sc2nc(CC(C)C)c4c(c23)CCC4)c1. The summed E-state index contributed by atoms with van der Waals surface area (Å²) in [4.78, 5) is 28.6. The third-order valence-corrected chi connectivity index (χ3v) is 8.78. The quantitative estimate of drug-likeness (QED) is 0.163. The Morgan fingerprint density at radius 2 is 2.03 bits per heavy atom. The van der Waals surface area contributed by atoms with Gasteiger partial charge < -0.3 is 10.1 Å². The van der Waals surface area contributed by atoms with Crippen molar-refractivity contribution in [1.29, 1.82) is 0 Å². The number of nitrogens with one attached hydrogen (secondary N) is 1. The third kappa shape index (κ3) is 4.99. The minimum Gasteiger partial charge on any atom is -0.497 e. The van der Waals surface area contributed by atoms with Crippen LogP contribution in [0.3, 0.4) is 0 Å². The van der Waals surface area contributed by atoms with E-state index in [-0.39, 0.29) is 11.7 Å². The normalized spacial score (nSPS) is 13.1. The van der Waals surface area contributed by atoms with Crippen molar-refractivity contribution in [2.75, 3.05) is 24.4 Å². The third-order valence-electron chi connectivity index (χ3n) is 6.05. The molecule has 0 bridgehead atoms. The molecule has 182 valence electrons. The van der Waals surface area contributed by atoms with E-state index in [9.17, 15) is 4.79 Å². The van der Waals surface area contributed by atoms with Crippen LogP contribution >= 0.6 is 34.9 Å². The molecule has 0 fully saturated rings. The lowest BCUT2D eigenvalue weighted by Crippen LogP contribution is -2.14. The monoisotopic (exact) mass is 524 g/mol. The fraction of sp³-hybridized carbons (Fsp3) is 0.385. The molecule has 5 rings (SSSR count). The molecule has 1 aromatic carbocycles. The van der Waals surface area contributed by atoms with Crippen molar-refractivity contribution in [2.24, 2.45) is 5.92 Å². The van der Waals surface area contributed by atoms with E-state index in [0.29, 0.717) is 17.4 Å². The Bertz CT molecular complexity index is 1420.